The van der Waals surface area contributed by atoms with Gasteiger partial charge >= 0.3 is 6.61 Å². The van der Waals surface area contributed by atoms with Crippen LogP contribution in [-0.2, 0) is 12.8 Å². The first-order chi connectivity index (χ1) is 9.06. The summed E-state index contributed by atoms with van der Waals surface area (Å²) in [4.78, 5) is 0. The van der Waals surface area contributed by atoms with Crippen molar-refractivity contribution in [2.24, 2.45) is 7.05 Å². The molecule has 0 spiro atoms. The van der Waals surface area contributed by atoms with Gasteiger partial charge in [0.05, 0.1) is 0 Å². The molecule has 0 bridgehead atoms. The Hall–Kier alpha value is -1.83. The number of hydrogen-bond acceptors (Lipinski definition) is 5. The van der Waals surface area contributed by atoms with Crippen LogP contribution in [0.1, 0.15) is 5.56 Å². The lowest BCUT2D eigenvalue weighted by Crippen LogP contribution is -2.02. The Morgan fingerprint density at radius 1 is 1.42 bits per heavy atom. The number of rotatable bonds is 5. The molecule has 1 aromatic heterocycles. The van der Waals surface area contributed by atoms with Gasteiger partial charge in [-0.15, -0.1) is 10.2 Å². The van der Waals surface area contributed by atoms with E-state index in [-0.39, 0.29) is 5.75 Å². The van der Waals surface area contributed by atoms with Crippen LogP contribution in [0.15, 0.2) is 29.4 Å². The Bertz CT molecular complexity index is 561. The molecular weight excluding hydrogens is 274 g/mol. The predicted octanol–water partition coefficient (Wildman–Crippen LogP) is 2.29. The standard InChI is InChI=1S/C11H12F2N4OS/c1-17-10(14)15-16-11(17)19-6-7-3-2-4-8(5-7)18-9(12)13/h2-5,9H,6H2,1H3,(H2,14,15). The van der Waals surface area contributed by atoms with Crippen LogP contribution >= 0.6 is 11.8 Å². The van der Waals surface area contributed by atoms with E-state index in [1.807, 2.05) is 6.07 Å². The lowest BCUT2D eigenvalue weighted by molar-refractivity contribution is -0.0498. The molecule has 8 heteroatoms. The Kier molecular flexibility index (Phi) is 4.20. The smallest absolute Gasteiger partial charge is 0.387 e. The van der Waals surface area contributed by atoms with Gasteiger partial charge in [-0.2, -0.15) is 8.78 Å². The Morgan fingerprint density at radius 3 is 2.84 bits per heavy atom. The highest BCUT2D eigenvalue weighted by atomic mass is 32.2. The second-order valence-electron chi connectivity index (χ2n) is 3.71. The van der Waals surface area contributed by atoms with Crippen molar-refractivity contribution in [1.82, 2.24) is 14.8 Å². The van der Waals surface area contributed by atoms with Crippen molar-refractivity contribution in [3.05, 3.63) is 29.8 Å². The van der Waals surface area contributed by atoms with Crippen LogP contribution < -0.4 is 10.5 Å². The molecule has 0 saturated carbocycles. The molecule has 0 radical (unpaired) electrons. The van der Waals surface area contributed by atoms with E-state index in [2.05, 4.69) is 14.9 Å². The number of nitrogens with zero attached hydrogens (tertiary/aromatic N) is 3. The molecule has 0 fully saturated rings. The fourth-order valence-electron chi connectivity index (χ4n) is 1.41. The van der Waals surface area contributed by atoms with Gasteiger partial charge in [-0.3, -0.25) is 4.57 Å². The number of alkyl halides is 2. The molecule has 2 rings (SSSR count). The van der Waals surface area contributed by atoms with Crippen molar-refractivity contribution in [3.8, 4) is 5.75 Å². The van der Waals surface area contributed by atoms with Gasteiger partial charge in [-0.1, -0.05) is 23.9 Å². The molecule has 0 saturated heterocycles. The predicted molar refractivity (Wildman–Crippen MR) is 68.1 cm³/mol. The summed E-state index contributed by atoms with van der Waals surface area (Å²) in [5.74, 6) is 1.04. The van der Waals surface area contributed by atoms with Gasteiger partial charge in [-0.05, 0) is 17.7 Å². The Balaban J connectivity index is 2.01. The quantitative estimate of drug-likeness (QED) is 0.854. The number of halogens is 2. The third-order valence-electron chi connectivity index (χ3n) is 2.36. The first kappa shape index (κ1) is 13.6. The number of benzene rings is 1. The highest BCUT2D eigenvalue weighted by Crippen LogP contribution is 2.24. The summed E-state index contributed by atoms with van der Waals surface area (Å²) < 4.78 is 30.2. The van der Waals surface area contributed by atoms with Crippen LogP contribution in [0.2, 0.25) is 0 Å². The molecule has 0 atom stereocenters. The molecule has 0 unspecified atom stereocenters. The lowest BCUT2D eigenvalue weighted by atomic mass is 10.2. The van der Waals surface area contributed by atoms with Crippen molar-refractivity contribution in [1.29, 1.82) is 0 Å². The van der Waals surface area contributed by atoms with Crippen LogP contribution in [0.5, 0.6) is 5.75 Å². The summed E-state index contributed by atoms with van der Waals surface area (Å²) >= 11 is 1.41. The fourth-order valence-corrected chi connectivity index (χ4v) is 2.27. The summed E-state index contributed by atoms with van der Waals surface area (Å²) in [5.41, 5.74) is 6.41. The van der Waals surface area contributed by atoms with Gasteiger partial charge in [0, 0.05) is 12.8 Å². The topological polar surface area (TPSA) is 66.0 Å². The van der Waals surface area contributed by atoms with Gasteiger partial charge in [0.25, 0.3) is 0 Å². The van der Waals surface area contributed by atoms with Crippen molar-refractivity contribution >= 4 is 17.7 Å². The second-order valence-corrected chi connectivity index (χ2v) is 4.66. The Labute approximate surface area is 112 Å². The summed E-state index contributed by atoms with van der Waals surface area (Å²) in [6.07, 6.45) is 0. The van der Waals surface area contributed by atoms with Crippen LogP contribution in [0.3, 0.4) is 0 Å². The number of aromatic nitrogens is 3. The minimum atomic E-state index is -2.82. The monoisotopic (exact) mass is 286 g/mol. The maximum atomic E-state index is 12.1. The van der Waals surface area contributed by atoms with Crippen molar-refractivity contribution < 1.29 is 13.5 Å². The maximum absolute atomic E-state index is 12.1. The van der Waals surface area contributed by atoms with Gasteiger partial charge in [0.2, 0.25) is 5.95 Å². The number of anilines is 1. The minimum Gasteiger partial charge on any atom is -0.435 e. The molecule has 1 heterocycles. The third-order valence-corrected chi connectivity index (χ3v) is 3.45. The largest absolute Gasteiger partial charge is 0.435 e. The highest BCUT2D eigenvalue weighted by Gasteiger charge is 2.08. The number of nitrogen functional groups attached to an aromatic ring is 1. The average Bonchev–Trinajstić information content (AvgIpc) is 2.67. The zero-order chi connectivity index (χ0) is 13.8. The summed E-state index contributed by atoms with van der Waals surface area (Å²) in [7, 11) is 1.76. The van der Waals surface area contributed by atoms with Crippen LogP contribution in [0.4, 0.5) is 14.7 Å². The molecule has 0 amide bonds. The van der Waals surface area contributed by atoms with Crippen molar-refractivity contribution in [3.63, 3.8) is 0 Å². The first-order valence-corrected chi connectivity index (χ1v) is 6.36. The van der Waals surface area contributed by atoms with Gasteiger partial charge in [-0.25, -0.2) is 0 Å². The molecule has 2 N–H and O–H groups in total. The van der Waals surface area contributed by atoms with E-state index in [1.165, 1.54) is 17.8 Å². The number of hydrogen-bond donors (Lipinski definition) is 1. The summed E-state index contributed by atoms with van der Waals surface area (Å²) in [5, 5.41) is 8.30. The third kappa shape index (κ3) is 3.57. The average molecular weight is 286 g/mol. The highest BCUT2D eigenvalue weighted by molar-refractivity contribution is 7.98. The molecule has 19 heavy (non-hydrogen) atoms. The number of thioether (sulfide) groups is 1. The van der Waals surface area contributed by atoms with Crippen LogP contribution in [0.25, 0.3) is 0 Å². The van der Waals surface area contributed by atoms with E-state index in [0.29, 0.717) is 16.9 Å². The van der Waals surface area contributed by atoms with E-state index >= 15 is 0 Å². The number of ether oxygens (including phenoxy) is 1. The normalized spacial score (nSPS) is 10.9. The fraction of sp³-hybridized carbons (Fsp3) is 0.273. The summed E-state index contributed by atoms with van der Waals surface area (Å²) in [6.45, 7) is -2.82. The zero-order valence-corrected chi connectivity index (χ0v) is 10.9. The SMILES string of the molecule is Cn1c(N)nnc1SCc1cccc(OC(F)F)c1. The van der Waals surface area contributed by atoms with E-state index < -0.39 is 6.61 Å². The van der Waals surface area contributed by atoms with E-state index in [1.54, 1.807) is 23.7 Å². The van der Waals surface area contributed by atoms with Gasteiger partial charge < -0.3 is 10.5 Å². The maximum Gasteiger partial charge on any atom is 0.387 e. The van der Waals surface area contributed by atoms with Gasteiger partial charge in [0.15, 0.2) is 5.16 Å². The molecular formula is C11H12F2N4OS. The molecule has 0 aliphatic carbocycles. The van der Waals surface area contributed by atoms with E-state index in [4.69, 9.17) is 5.73 Å². The van der Waals surface area contributed by atoms with Crippen molar-refractivity contribution in [2.75, 3.05) is 5.73 Å². The van der Waals surface area contributed by atoms with Gasteiger partial charge in [0.1, 0.15) is 5.75 Å². The molecule has 1 aromatic carbocycles. The van der Waals surface area contributed by atoms with Crippen LogP contribution in [-0.4, -0.2) is 21.4 Å². The Morgan fingerprint density at radius 2 is 2.21 bits per heavy atom. The minimum absolute atomic E-state index is 0.144. The van der Waals surface area contributed by atoms with E-state index in [0.717, 1.165) is 5.56 Å². The summed E-state index contributed by atoms with van der Waals surface area (Å²) in [6, 6.07) is 6.54. The molecule has 0 aliphatic heterocycles. The molecule has 102 valence electrons. The molecule has 5 nitrogen and oxygen atoms in total. The molecule has 2 aromatic rings. The van der Waals surface area contributed by atoms with E-state index in [9.17, 15) is 8.78 Å². The van der Waals surface area contributed by atoms with Crippen LogP contribution in [0, 0.1) is 0 Å². The number of nitrogens with two attached hydrogens (primary N) is 1. The first-order valence-electron chi connectivity index (χ1n) is 5.37. The lowest BCUT2D eigenvalue weighted by Gasteiger charge is -2.06. The zero-order valence-electron chi connectivity index (χ0n) is 10.1. The second kappa shape index (κ2) is 5.87. The van der Waals surface area contributed by atoms with Crippen molar-refractivity contribution in [2.45, 2.75) is 17.5 Å². The molecule has 0 aliphatic rings.